The summed E-state index contributed by atoms with van der Waals surface area (Å²) in [5.74, 6) is -0.692. The molecule has 0 aliphatic carbocycles. The molecule has 1 spiro atoms. The molecule has 12 heteroatoms. The molecule has 3 aliphatic rings. The van der Waals surface area contributed by atoms with Gasteiger partial charge in [-0.3, -0.25) is 4.79 Å². The predicted molar refractivity (Wildman–Crippen MR) is 140 cm³/mol. The zero-order valence-electron chi connectivity index (χ0n) is 23.1. The molecule has 1 aromatic carbocycles. The highest BCUT2D eigenvalue weighted by atomic mass is 16.7. The predicted octanol–water partition coefficient (Wildman–Crippen LogP) is 2.26. The number of ether oxygens (including phenoxy) is 3. The maximum Gasteiger partial charge on any atom is 0.494 e. The fraction of sp³-hybridized carbons (Fsp3) is 0.654. The van der Waals surface area contributed by atoms with E-state index < -0.39 is 42.3 Å². The molecule has 0 saturated carbocycles. The fourth-order valence-corrected chi connectivity index (χ4v) is 5.23. The van der Waals surface area contributed by atoms with Crippen LogP contribution in [-0.4, -0.2) is 83.9 Å². The van der Waals surface area contributed by atoms with Crippen molar-refractivity contribution in [2.45, 2.75) is 77.0 Å². The van der Waals surface area contributed by atoms with Crippen LogP contribution in [0.15, 0.2) is 18.2 Å². The van der Waals surface area contributed by atoms with E-state index in [0.717, 1.165) is 16.5 Å². The van der Waals surface area contributed by atoms with Crippen LogP contribution in [0.5, 0.6) is 0 Å². The third kappa shape index (κ3) is 4.68. The number of aromatic nitrogens is 2. The van der Waals surface area contributed by atoms with Crippen LogP contribution in [-0.2, 0) is 28.3 Å². The number of benzene rings is 1. The van der Waals surface area contributed by atoms with Crippen molar-refractivity contribution in [1.82, 2.24) is 20.2 Å². The van der Waals surface area contributed by atoms with Crippen LogP contribution in [0.25, 0.3) is 11.0 Å². The topological polar surface area (TPSA) is 124 Å². The Kier molecular flexibility index (Phi) is 6.74. The number of H-pyrrole nitrogens is 1. The normalized spacial score (nSPS) is 24.5. The van der Waals surface area contributed by atoms with Gasteiger partial charge in [0.15, 0.2) is 5.79 Å². The van der Waals surface area contributed by atoms with Gasteiger partial charge in [0.05, 0.1) is 55.1 Å². The van der Waals surface area contributed by atoms with Gasteiger partial charge in [0.2, 0.25) is 5.91 Å². The van der Waals surface area contributed by atoms with Crippen molar-refractivity contribution in [1.29, 1.82) is 0 Å². The van der Waals surface area contributed by atoms with Crippen molar-refractivity contribution >= 4 is 35.6 Å². The van der Waals surface area contributed by atoms with Crippen LogP contribution in [0.4, 0.5) is 4.79 Å². The van der Waals surface area contributed by atoms with Gasteiger partial charge in [-0.05, 0) is 51.2 Å². The van der Waals surface area contributed by atoms with Gasteiger partial charge in [-0.25, -0.2) is 9.78 Å². The Morgan fingerprint density at radius 1 is 1.16 bits per heavy atom. The van der Waals surface area contributed by atoms with Crippen molar-refractivity contribution in [3.63, 3.8) is 0 Å². The molecule has 0 bridgehead atoms. The van der Waals surface area contributed by atoms with Gasteiger partial charge >= 0.3 is 13.2 Å². The summed E-state index contributed by atoms with van der Waals surface area (Å²) >= 11 is 0. The van der Waals surface area contributed by atoms with Gasteiger partial charge in [0, 0.05) is 6.42 Å². The molecule has 206 valence electrons. The summed E-state index contributed by atoms with van der Waals surface area (Å²) in [6, 6.07) is 4.63. The highest BCUT2D eigenvalue weighted by molar-refractivity contribution is 6.62. The Morgan fingerprint density at radius 3 is 2.42 bits per heavy atom. The summed E-state index contributed by atoms with van der Waals surface area (Å²) in [6.45, 7) is 13.0. The summed E-state index contributed by atoms with van der Waals surface area (Å²) in [5, 5.41) is 2.68. The quantitative estimate of drug-likeness (QED) is 0.567. The first kappa shape index (κ1) is 26.9. The number of methoxy groups -OCH3 is 1. The number of alkyl carbamates (subject to hydrolysis) is 1. The number of aromatic amines is 1. The summed E-state index contributed by atoms with van der Waals surface area (Å²) in [7, 11) is 0.776. The number of rotatable bonds is 5. The van der Waals surface area contributed by atoms with Gasteiger partial charge < -0.3 is 38.7 Å². The van der Waals surface area contributed by atoms with E-state index in [4.69, 9.17) is 28.5 Å². The molecule has 2 aromatic rings. The van der Waals surface area contributed by atoms with E-state index in [1.807, 2.05) is 59.7 Å². The number of nitrogens with zero attached hydrogens (tertiary/aromatic N) is 2. The molecule has 4 heterocycles. The lowest BCUT2D eigenvalue weighted by molar-refractivity contribution is -0.153. The summed E-state index contributed by atoms with van der Waals surface area (Å²) < 4.78 is 29.1. The molecule has 38 heavy (non-hydrogen) atoms. The smallest absolute Gasteiger partial charge is 0.453 e. The second-order valence-corrected chi connectivity index (χ2v) is 11.6. The second-order valence-electron chi connectivity index (χ2n) is 11.6. The third-order valence-electron chi connectivity index (χ3n) is 8.15. The molecule has 2 amide bonds. The van der Waals surface area contributed by atoms with Crippen molar-refractivity contribution in [3.8, 4) is 0 Å². The van der Waals surface area contributed by atoms with Gasteiger partial charge in [-0.1, -0.05) is 19.9 Å². The average molecular weight is 528 g/mol. The van der Waals surface area contributed by atoms with E-state index in [2.05, 4.69) is 10.3 Å². The molecule has 1 unspecified atom stereocenters. The molecule has 2 N–H and O–H groups in total. The minimum Gasteiger partial charge on any atom is -0.453 e. The van der Waals surface area contributed by atoms with E-state index in [0.29, 0.717) is 25.5 Å². The molecular formula is C26H37BN4O7. The standard InChI is InChI=1S/C26H37BN4O7/c1-15(2)20(30-23(33)34-7)22(32)31-14-26(35-10-11-36-26)13-19(31)21-28-17-9-8-16(12-18(17)29-21)27-37-24(3,4)25(5,6)38-27/h8-9,12,15,19-20H,10-11,13-14H2,1-7H3,(H,28,29)(H,30,33)/t19?,20-/m0/s1. The molecule has 5 rings (SSSR count). The Balaban J connectivity index is 1.45. The van der Waals surface area contributed by atoms with Crippen molar-refractivity contribution < 1.29 is 33.1 Å². The summed E-state index contributed by atoms with van der Waals surface area (Å²) in [6.07, 6.45) is -0.235. The van der Waals surface area contributed by atoms with Gasteiger partial charge in [0.1, 0.15) is 11.9 Å². The third-order valence-corrected chi connectivity index (χ3v) is 8.15. The first-order valence-electron chi connectivity index (χ1n) is 13.1. The lowest BCUT2D eigenvalue weighted by Gasteiger charge is -2.32. The number of amides is 2. The molecular weight excluding hydrogens is 491 g/mol. The maximum atomic E-state index is 13.8. The Labute approximate surface area is 223 Å². The minimum atomic E-state index is -0.903. The van der Waals surface area contributed by atoms with Crippen LogP contribution in [0.3, 0.4) is 0 Å². The lowest BCUT2D eigenvalue weighted by atomic mass is 9.79. The first-order valence-corrected chi connectivity index (χ1v) is 13.1. The summed E-state index contributed by atoms with van der Waals surface area (Å²) in [5.41, 5.74) is 1.55. The molecule has 2 atom stereocenters. The molecule has 3 fully saturated rings. The number of carbonyl (C=O) groups excluding carboxylic acids is 2. The number of likely N-dealkylation sites (tertiary alicyclic amines) is 1. The van der Waals surface area contributed by atoms with Gasteiger partial charge in [0.25, 0.3) is 0 Å². The van der Waals surface area contributed by atoms with Crippen LogP contribution in [0, 0.1) is 5.92 Å². The van der Waals surface area contributed by atoms with Gasteiger partial charge in [-0.15, -0.1) is 0 Å². The minimum absolute atomic E-state index is 0.164. The molecule has 3 saturated heterocycles. The van der Waals surface area contributed by atoms with Crippen LogP contribution >= 0.6 is 0 Å². The van der Waals surface area contributed by atoms with E-state index in [-0.39, 0.29) is 18.4 Å². The van der Waals surface area contributed by atoms with E-state index in [1.54, 1.807) is 4.90 Å². The zero-order chi connectivity index (χ0) is 27.5. The van der Waals surface area contributed by atoms with Crippen molar-refractivity contribution in [2.24, 2.45) is 5.92 Å². The Bertz CT molecular complexity index is 1210. The molecule has 11 nitrogen and oxygen atoms in total. The second kappa shape index (κ2) is 9.51. The van der Waals surface area contributed by atoms with E-state index >= 15 is 0 Å². The Hall–Kier alpha value is -2.67. The van der Waals surface area contributed by atoms with Gasteiger partial charge in [-0.2, -0.15) is 0 Å². The molecule has 0 radical (unpaired) electrons. The Morgan fingerprint density at radius 2 is 1.82 bits per heavy atom. The number of fused-ring (bicyclic) bond motifs is 1. The van der Waals surface area contributed by atoms with Crippen LogP contribution in [0.1, 0.15) is 59.8 Å². The zero-order valence-corrected chi connectivity index (χ0v) is 23.1. The number of nitrogens with one attached hydrogen (secondary N) is 2. The maximum absolute atomic E-state index is 13.8. The molecule has 3 aliphatic heterocycles. The number of hydrogen-bond acceptors (Lipinski definition) is 8. The highest BCUT2D eigenvalue weighted by Crippen LogP contribution is 2.43. The van der Waals surface area contributed by atoms with Crippen LogP contribution in [0.2, 0.25) is 0 Å². The van der Waals surface area contributed by atoms with Crippen molar-refractivity contribution in [2.75, 3.05) is 26.9 Å². The number of carbonyl (C=O) groups is 2. The SMILES string of the molecule is COC(=O)N[C@H](C(=O)N1CC2(CC1c1nc3ccc(B4OC(C)(C)C(C)(C)O4)cc3[nH]1)OCCO2)C(C)C. The first-order chi connectivity index (χ1) is 17.8. The largest absolute Gasteiger partial charge is 0.494 e. The number of hydrogen-bond donors (Lipinski definition) is 2. The van der Waals surface area contributed by atoms with Crippen molar-refractivity contribution in [3.05, 3.63) is 24.0 Å². The molecule has 1 aromatic heterocycles. The highest BCUT2D eigenvalue weighted by Gasteiger charge is 2.53. The summed E-state index contributed by atoms with van der Waals surface area (Å²) in [4.78, 5) is 35.7. The lowest BCUT2D eigenvalue weighted by Crippen LogP contribution is -2.52. The van der Waals surface area contributed by atoms with E-state index in [9.17, 15) is 9.59 Å². The number of imidazole rings is 1. The monoisotopic (exact) mass is 528 g/mol. The average Bonchev–Trinajstić information content (AvgIpc) is 3.62. The fourth-order valence-electron chi connectivity index (χ4n) is 5.23. The van der Waals surface area contributed by atoms with Crippen LogP contribution < -0.4 is 10.8 Å². The van der Waals surface area contributed by atoms with E-state index in [1.165, 1.54) is 7.11 Å².